The number of carboxylic acid groups (broad SMARTS) is 1. The second-order valence-electron chi connectivity index (χ2n) is 5.52. The molecule has 1 saturated carbocycles. The summed E-state index contributed by atoms with van der Waals surface area (Å²) < 4.78 is 0. The van der Waals surface area contributed by atoms with Gasteiger partial charge in [-0.1, -0.05) is 12.1 Å². The van der Waals surface area contributed by atoms with Gasteiger partial charge in [0, 0.05) is 11.7 Å². The zero-order valence-electron chi connectivity index (χ0n) is 12.2. The molecule has 0 bridgehead atoms. The third kappa shape index (κ3) is 4.48. The van der Waals surface area contributed by atoms with Gasteiger partial charge in [-0.15, -0.1) is 0 Å². The first-order valence-electron chi connectivity index (χ1n) is 7.34. The number of amides is 2. The fourth-order valence-electron chi connectivity index (χ4n) is 2.63. The van der Waals surface area contributed by atoms with Crippen molar-refractivity contribution in [2.45, 2.75) is 38.1 Å². The monoisotopic (exact) mass is 301 g/mol. The summed E-state index contributed by atoms with van der Waals surface area (Å²) in [5, 5.41) is 23.2. The molecular formula is C16H19N3O3. The molecule has 0 spiro atoms. The maximum Gasteiger partial charge on any atom is 0.319 e. The van der Waals surface area contributed by atoms with Gasteiger partial charge in [-0.05, 0) is 43.4 Å². The van der Waals surface area contributed by atoms with E-state index in [0.717, 1.165) is 5.56 Å². The number of hydrogen-bond acceptors (Lipinski definition) is 3. The van der Waals surface area contributed by atoms with Gasteiger partial charge in [-0.2, -0.15) is 5.26 Å². The number of aliphatic carboxylic acids is 1. The highest BCUT2D eigenvalue weighted by atomic mass is 16.4. The van der Waals surface area contributed by atoms with Crippen molar-refractivity contribution in [3.63, 3.8) is 0 Å². The first-order valence-corrected chi connectivity index (χ1v) is 7.34. The number of anilines is 1. The maximum atomic E-state index is 11.9. The Kier molecular flexibility index (Phi) is 5.37. The van der Waals surface area contributed by atoms with Gasteiger partial charge in [-0.3, -0.25) is 4.79 Å². The average molecular weight is 301 g/mol. The van der Waals surface area contributed by atoms with Crippen LogP contribution in [0.25, 0.3) is 0 Å². The van der Waals surface area contributed by atoms with Crippen LogP contribution < -0.4 is 10.6 Å². The highest BCUT2D eigenvalue weighted by Crippen LogP contribution is 2.24. The summed E-state index contributed by atoms with van der Waals surface area (Å²) in [4.78, 5) is 22.8. The highest BCUT2D eigenvalue weighted by Gasteiger charge is 2.26. The average Bonchev–Trinajstić information content (AvgIpc) is 2.50. The molecule has 6 nitrogen and oxygen atoms in total. The van der Waals surface area contributed by atoms with Gasteiger partial charge in [0.05, 0.1) is 18.4 Å². The molecule has 2 amide bonds. The van der Waals surface area contributed by atoms with Crippen molar-refractivity contribution in [3.8, 4) is 6.07 Å². The van der Waals surface area contributed by atoms with Gasteiger partial charge in [0.15, 0.2) is 0 Å². The van der Waals surface area contributed by atoms with E-state index < -0.39 is 5.97 Å². The quantitative estimate of drug-likeness (QED) is 0.795. The third-order valence-corrected chi connectivity index (χ3v) is 3.91. The molecule has 116 valence electrons. The molecule has 1 aromatic carbocycles. The van der Waals surface area contributed by atoms with E-state index in [1.165, 1.54) is 0 Å². The zero-order valence-corrected chi connectivity index (χ0v) is 12.2. The van der Waals surface area contributed by atoms with E-state index in [0.29, 0.717) is 37.8 Å². The van der Waals surface area contributed by atoms with Gasteiger partial charge in [0.1, 0.15) is 0 Å². The van der Waals surface area contributed by atoms with Crippen LogP contribution in [0.2, 0.25) is 0 Å². The molecule has 1 aliphatic rings. The highest BCUT2D eigenvalue weighted by molar-refractivity contribution is 5.89. The molecule has 0 unspecified atom stereocenters. The van der Waals surface area contributed by atoms with E-state index in [9.17, 15) is 9.59 Å². The molecule has 1 aromatic rings. The van der Waals surface area contributed by atoms with Crippen molar-refractivity contribution in [1.82, 2.24) is 5.32 Å². The minimum atomic E-state index is -0.750. The summed E-state index contributed by atoms with van der Waals surface area (Å²) in [6.07, 6.45) is 2.92. The van der Waals surface area contributed by atoms with Crippen LogP contribution in [-0.4, -0.2) is 23.1 Å². The SMILES string of the molecule is N#CCc1ccc(NC(=O)NC2CCC(C(=O)O)CC2)cc1. The predicted octanol–water partition coefficient (Wildman–Crippen LogP) is 2.52. The lowest BCUT2D eigenvalue weighted by atomic mass is 9.86. The molecule has 6 heteroatoms. The first kappa shape index (κ1) is 15.8. The van der Waals surface area contributed by atoms with Crippen molar-refractivity contribution >= 4 is 17.7 Å². The molecule has 0 heterocycles. The van der Waals surface area contributed by atoms with Crippen LogP contribution in [0.1, 0.15) is 31.2 Å². The Hall–Kier alpha value is -2.55. The maximum absolute atomic E-state index is 11.9. The molecule has 1 aliphatic carbocycles. The van der Waals surface area contributed by atoms with E-state index in [1.807, 2.05) is 0 Å². The molecule has 1 fully saturated rings. The third-order valence-electron chi connectivity index (χ3n) is 3.91. The van der Waals surface area contributed by atoms with Crippen molar-refractivity contribution < 1.29 is 14.7 Å². The molecular weight excluding hydrogens is 282 g/mol. The number of carbonyl (C=O) groups excluding carboxylic acids is 1. The number of urea groups is 1. The molecule has 0 saturated heterocycles. The summed E-state index contributed by atoms with van der Waals surface area (Å²) >= 11 is 0. The number of nitriles is 1. The smallest absolute Gasteiger partial charge is 0.319 e. The van der Waals surface area contributed by atoms with Crippen molar-refractivity contribution in [2.75, 3.05) is 5.32 Å². The number of hydrogen-bond donors (Lipinski definition) is 3. The van der Waals surface area contributed by atoms with Crippen molar-refractivity contribution in [2.24, 2.45) is 5.92 Å². The number of rotatable bonds is 4. The van der Waals surface area contributed by atoms with Crippen LogP contribution in [0.3, 0.4) is 0 Å². The molecule has 22 heavy (non-hydrogen) atoms. The first-order chi connectivity index (χ1) is 10.6. The van der Waals surface area contributed by atoms with E-state index in [1.54, 1.807) is 24.3 Å². The van der Waals surface area contributed by atoms with Gasteiger partial charge in [-0.25, -0.2) is 4.79 Å². The lowest BCUT2D eigenvalue weighted by molar-refractivity contribution is -0.142. The molecule has 0 aliphatic heterocycles. The topological polar surface area (TPSA) is 102 Å². The van der Waals surface area contributed by atoms with Crippen LogP contribution >= 0.6 is 0 Å². The minimum absolute atomic E-state index is 0.0217. The molecule has 0 atom stereocenters. The van der Waals surface area contributed by atoms with Crippen molar-refractivity contribution in [1.29, 1.82) is 5.26 Å². The molecule has 0 aromatic heterocycles. The standard InChI is InChI=1S/C16H19N3O3/c17-10-9-11-1-5-13(6-2-11)18-16(22)19-14-7-3-12(4-8-14)15(20)21/h1-2,5-6,12,14H,3-4,7-9H2,(H,20,21)(H2,18,19,22). The Morgan fingerprint density at radius 2 is 1.82 bits per heavy atom. The number of carbonyl (C=O) groups is 2. The van der Waals surface area contributed by atoms with Crippen LogP contribution in [0.15, 0.2) is 24.3 Å². The minimum Gasteiger partial charge on any atom is -0.481 e. The second kappa shape index (κ2) is 7.46. The Balaban J connectivity index is 1.78. The van der Waals surface area contributed by atoms with Crippen LogP contribution in [0.4, 0.5) is 10.5 Å². The van der Waals surface area contributed by atoms with Crippen LogP contribution in [0.5, 0.6) is 0 Å². The largest absolute Gasteiger partial charge is 0.481 e. The van der Waals surface area contributed by atoms with E-state index >= 15 is 0 Å². The van der Waals surface area contributed by atoms with Gasteiger partial charge < -0.3 is 15.7 Å². The lowest BCUT2D eigenvalue weighted by Crippen LogP contribution is -2.40. The zero-order chi connectivity index (χ0) is 15.9. The van der Waals surface area contributed by atoms with Crippen LogP contribution in [0, 0.1) is 17.2 Å². The van der Waals surface area contributed by atoms with E-state index in [-0.39, 0.29) is 18.0 Å². The van der Waals surface area contributed by atoms with Gasteiger partial charge in [0.2, 0.25) is 0 Å². The molecule has 2 rings (SSSR count). The predicted molar refractivity (Wildman–Crippen MR) is 81.3 cm³/mol. The Morgan fingerprint density at radius 3 is 2.36 bits per heavy atom. The van der Waals surface area contributed by atoms with Gasteiger partial charge in [0.25, 0.3) is 0 Å². The fourth-order valence-corrected chi connectivity index (χ4v) is 2.63. The Labute approximate surface area is 129 Å². The number of carboxylic acids is 1. The fraction of sp³-hybridized carbons (Fsp3) is 0.438. The number of benzene rings is 1. The summed E-state index contributed by atoms with van der Waals surface area (Å²) in [5.41, 5.74) is 1.57. The summed E-state index contributed by atoms with van der Waals surface area (Å²) in [6.45, 7) is 0. The van der Waals surface area contributed by atoms with Crippen LogP contribution in [-0.2, 0) is 11.2 Å². The Morgan fingerprint density at radius 1 is 1.18 bits per heavy atom. The summed E-state index contributed by atoms with van der Waals surface area (Å²) in [5.74, 6) is -1.03. The summed E-state index contributed by atoms with van der Waals surface area (Å²) in [6, 6.07) is 8.92. The summed E-state index contributed by atoms with van der Waals surface area (Å²) in [7, 11) is 0. The second-order valence-corrected chi connectivity index (χ2v) is 5.52. The van der Waals surface area contributed by atoms with Gasteiger partial charge >= 0.3 is 12.0 Å². The van der Waals surface area contributed by atoms with E-state index in [2.05, 4.69) is 16.7 Å². The van der Waals surface area contributed by atoms with E-state index in [4.69, 9.17) is 10.4 Å². The van der Waals surface area contributed by atoms with Crippen molar-refractivity contribution in [3.05, 3.63) is 29.8 Å². The Bertz CT molecular complexity index is 569. The molecule has 3 N–H and O–H groups in total. The lowest BCUT2D eigenvalue weighted by Gasteiger charge is -2.26. The number of nitrogens with one attached hydrogen (secondary N) is 2. The number of nitrogens with zero attached hydrogens (tertiary/aromatic N) is 1. The normalized spacial score (nSPS) is 20.7. The molecule has 0 radical (unpaired) electrons.